The van der Waals surface area contributed by atoms with Crippen molar-refractivity contribution in [2.24, 2.45) is 5.10 Å². The molecular formula is C27H29N3O6S. The average molecular weight is 524 g/mol. The van der Waals surface area contributed by atoms with Crippen LogP contribution in [0.3, 0.4) is 0 Å². The summed E-state index contributed by atoms with van der Waals surface area (Å²) in [5, 5.41) is 3.94. The number of benzene rings is 3. The lowest BCUT2D eigenvalue weighted by Gasteiger charge is -2.21. The van der Waals surface area contributed by atoms with Gasteiger partial charge in [0.15, 0.2) is 6.61 Å². The van der Waals surface area contributed by atoms with Gasteiger partial charge in [-0.1, -0.05) is 48.0 Å². The topological polar surface area (TPSA) is 114 Å². The number of amides is 1. The molecule has 1 N–H and O–H groups in total. The maximum atomic E-state index is 13.3. The summed E-state index contributed by atoms with van der Waals surface area (Å²) in [6.07, 6.45) is 1.87. The van der Waals surface area contributed by atoms with Gasteiger partial charge in [0, 0.05) is 6.54 Å². The van der Waals surface area contributed by atoms with E-state index in [-0.39, 0.29) is 24.6 Å². The standard InChI is InChI=1S/C27H29N3O6S/c1-21-8-14-25(15-9-21)37(33,34)30(17-16-22-6-4-3-5-7-22)19-26(31)29-28-18-23-10-12-24(13-11-23)36-20-27(32)35-2/h3-15,18H,16-17,19-20H2,1-2H3,(H,29,31)/b28-18+. The van der Waals surface area contributed by atoms with Gasteiger partial charge in [0.1, 0.15) is 5.75 Å². The van der Waals surface area contributed by atoms with Gasteiger partial charge < -0.3 is 9.47 Å². The van der Waals surface area contributed by atoms with E-state index in [0.29, 0.717) is 17.7 Å². The Morgan fingerprint density at radius 3 is 2.30 bits per heavy atom. The van der Waals surface area contributed by atoms with E-state index >= 15 is 0 Å². The molecule has 37 heavy (non-hydrogen) atoms. The van der Waals surface area contributed by atoms with E-state index in [1.165, 1.54) is 25.5 Å². The number of esters is 1. The lowest BCUT2D eigenvalue weighted by molar-refractivity contribution is -0.142. The third kappa shape index (κ3) is 8.55. The second-order valence-corrected chi connectivity index (χ2v) is 10.1. The fourth-order valence-corrected chi connectivity index (χ4v) is 4.66. The van der Waals surface area contributed by atoms with Crippen molar-refractivity contribution in [3.8, 4) is 5.75 Å². The number of carbonyl (C=O) groups excluding carboxylic acids is 2. The van der Waals surface area contributed by atoms with Crippen LogP contribution >= 0.6 is 0 Å². The number of carbonyl (C=O) groups is 2. The Morgan fingerprint density at radius 1 is 0.973 bits per heavy atom. The smallest absolute Gasteiger partial charge is 0.343 e. The minimum absolute atomic E-state index is 0.122. The molecule has 0 aliphatic heterocycles. The largest absolute Gasteiger partial charge is 0.482 e. The van der Waals surface area contributed by atoms with Gasteiger partial charge in [-0.05, 0) is 60.9 Å². The highest BCUT2D eigenvalue weighted by Gasteiger charge is 2.26. The van der Waals surface area contributed by atoms with Crippen LogP contribution in [0.4, 0.5) is 0 Å². The van der Waals surface area contributed by atoms with E-state index in [1.807, 2.05) is 37.3 Å². The lowest BCUT2D eigenvalue weighted by Crippen LogP contribution is -2.40. The number of ether oxygens (including phenoxy) is 2. The van der Waals surface area contributed by atoms with Gasteiger partial charge >= 0.3 is 5.97 Å². The number of hydrogen-bond acceptors (Lipinski definition) is 7. The highest BCUT2D eigenvalue weighted by molar-refractivity contribution is 7.89. The molecule has 0 aromatic heterocycles. The number of nitrogens with one attached hydrogen (secondary N) is 1. The molecule has 0 aliphatic carbocycles. The Morgan fingerprint density at radius 2 is 1.65 bits per heavy atom. The second kappa shape index (κ2) is 13.3. The van der Waals surface area contributed by atoms with Crippen molar-refractivity contribution >= 4 is 28.1 Å². The summed E-state index contributed by atoms with van der Waals surface area (Å²) >= 11 is 0. The van der Waals surface area contributed by atoms with Gasteiger partial charge in [0.05, 0.1) is 24.8 Å². The predicted octanol–water partition coefficient (Wildman–Crippen LogP) is 2.93. The van der Waals surface area contributed by atoms with E-state index < -0.39 is 21.9 Å². The molecule has 0 bridgehead atoms. The molecule has 0 aliphatic rings. The number of hydrogen-bond donors (Lipinski definition) is 1. The molecule has 3 aromatic rings. The normalized spacial score (nSPS) is 11.4. The first-order valence-electron chi connectivity index (χ1n) is 11.5. The highest BCUT2D eigenvalue weighted by Crippen LogP contribution is 2.17. The van der Waals surface area contributed by atoms with E-state index in [0.717, 1.165) is 15.4 Å². The van der Waals surface area contributed by atoms with Crippen LogP contribution in [-0.2, 0) is 30.8 Å². The SMILES string of the molecule is COC(=O)COc1ccc(/C=N/NC(=O)CN(CCc2ccccc2)S(=O)(=O)c2ccc(C)cc2)cc1. The summed E-state index contributed by atoms with van der Waals surface area (Å²) in [5.74, 6) is -0.587. The predicted molar refractivity (Wildman–Crippen MR) is 140 cm³/mol. The first-order chi connectivity index (χ1) is 17.8. The molecule has 0 spiro atoms. The first-order valence-corrected chi connectivity index (χ1v) is 12.9. The third-order valence-electron chi connectivity index (χ3n) is 5.34. The van der Waals surface area contributed by atoms with Crippen LogP contribution in [0.2, 0.25) is 0 Å². The molecule has 0 fully saturated rings. The fourth-order valence-electron chi connectivity index (χ4n) is 3.27. The van der Waals surface area contributed by atoms with E-state index in [9.17, 15) is 18.0 Å². The second-order valence-electron chi connectivity index (χ2n) is 8.11. The van der Waals surface area contributed by atoms with Crippen LogP contribution in [0.5, 0.6) is 5.75 Å². The summed E-state index contributed by atoms with van der Waals surface area (Å²) in [6.45, 7) is 1.41. The van der Waals surface area contributed by atoms with Gasteiger partial charge in [-0.3, -0.25) is 4.79 Å². The molecule has 3 rings (SSSR count). The van der Waals surface area contributed by atoms with Crippen molar-refractivity contribution in [2.75, 3.05) is 26.8 Å². The average Bonchev–Trinajstić information content (AvgIpc) is 2.91. The quantitative estimate of drug-likeness (QED) is 0.222. The number of methoxy groups -OCH3 is 1. The van der Waals surface area contributed by atoms with Crippen molar-refractivity contribution in [3.63, 3.8) is 0 Å². The van der Waals surface area contributed by atoms with Crippen LogP contribution in [0.25, 0.3) is 0 Å². The Labute approximate surface area is 216 Å². The van der Waals surface area contributed by atoms with Crippen LogP contribution in [-0.4, -0.2) is 57.6 Å². The van der Waals surface area contributed by atoms with E-state index in [1.54, 1.807) is 36.4 Å². The Balaban J connectivity index is 1.64. The zero-order chi connectivity index (χ0) is 26.7. The van der Waals surface area contributed by atoms with Crippen LogP contribution in [0, 0.1) is 6.92 Å². The Kier molecular flexibility index (Phi) is 9.93. The zero-order valence-electron chi connectivity index (χ0n) is 20.7. The lowest BCUT2D eigenvalue weighted by atomic mass is 10.1. The minimum Gasteiger partial charge on any atom is -0.482 e. The molecule has 3 aromatic carbocycles. The molecule has 0 atom stereocenters. The third-order valence-corrected chi connectivity index (χ3v) is 7.20. The zero-order valence-corrected chi connectivity index (χ0v) is 21.5. The fraction of sp³-hybridized carbons (Fsp3) is 0.222. The summed E-state index contributed by atoms with van der Waals surface area (Å²) in [4.78, 5) is 23.9. The molecular weight excluding hydrogens is 494 g/mol. The maximum Gasteiger partial charge on any atom is 0.343 e. The Hall–Kier alpha value is -4.02. The van der Waals surface area contributed by atoms with Crippen LogP contribution in [0.15, 0.2) is 88.9 Å². The summed E-state index contributed by atoms with van der Waals surface area (Å²) in [7, 11) is -2.63. The summed E-state index contributed by atoms with van der Waals surface area (Å²) in [5.41, 5.74) is 4.95. The number of hydrazone groups is 1. The number of sulfonamides is 1. The molecule has 0 radical (unpaired) electrons. The van der Waals surface area contributed by atoms with Gasteiger partial charge in [-0.2, -0.15) is 9.41 Å². The van der Waals surface area contributed by atoms with Crippen molar-refractivity contribution in [1.82, 2.24) is 9.73 Å². The molecule has 1 amide bonds. The minimum atomic E-state index is -3.90. The Bertz CT molecular complexity index is 1310. The van der Waals surface area contributed by atoms with Crippen molar-refractivity contribution in [2.45, 2.75) is 18.2 Å². The maximum absolute atomic E-state index is 13.3. The van der Waals surface area contributed by atoms with E-state index in [2.05, 4.69) is 15.3 Å². The van der Waals surface area contributed by atoms with E-state index in [4.69, 9.17) is 4.74 Å². The molecule has 0 saturated heterocycles. The number of nitrogens with zero attached hydrogens (tertiary/aromatic N) is 2. The molecule has 0 unspecified atom stereocenters. The van der Waals surface area contributed by atoms with Gasteiger partial charge in [-0.25, -0.2) is 18.6 Å². The first kappa shape index (κ1) is 27.6. The molecule has 0 heterocycles. The molecule has 10 heteroatoms. The highest BCUT2D eigenvalue weighted by atomic mass is 32.2. The van der Waals surface area contributed by atoms with Crippen LogP contribution < -0.4 is 10.2 Å². The van der Waals surface area contributed by atoms with Gasteiger partial charge in [-0.15, -0.1) is 0 Å². The number of rotatable bonds is 12. The molecule has 9 nitrogen and oxygen atoms in total. The van der Waals surface area contributed by atoms with Crippen molar-refractivity contribution in [3.05, 3.63) is 95.6 Å². The monoisotopic (exact) mass is 523 g/mol. The summed E-state index contributed by atoms with van der Waals surface area (Å²) < 4.78 is 37.6. The van der Waals surface area contributed by atoms with Crippen LogP contribution in [0.1, 0.15) is 16.7 Å². The number of aryl methyl sites for hydroxylation is 1. The van der Waals surface area contributed by atoms with Crippen molar-refractivity contribution in [1.29, 1.82) is 0 Å². The summed E-state index contributed by atoms with van der Waals surface area (Å²) in [6, 6.07) is 22.7. The van der Waals surface area contributed by atoms with Crippen molar-refractivity contribution < 1.29 is 27.5 Å². The van der Waals surface area contributed by atoms with Gasteiger partial charge in [0.25, 0.3) is 5.91 Å². The molecule has 194 valence electrons. The molecule has 0 saturated carbocycles. The van der Waals surface area contributed by atoms with Gasteiger partial charge in [0.2, 0.25) is 10.0 Å².